The summed E-state index contributed by atoms with van der Waals surface area (Å²) in [5.74, 6) is 2.60. The predicted octanol–water partition coefficient (Wildman–Crippen LogP) is 4.01. The highest BCUT2D eigenvalue weighted by Gasteiger charge is 2.00. The maximum Gasteiger partial charge on any atom is 0.188 e. The van der Waals surface area contributed by atoms with Gasteiger partial charge in [0.15, 0.2) is 5.96 Å². The number of benzene rings is 2. The number of fused-ring (bicyclic) bond motifs is 1. The number of aliphatic imine (C=N–C) groups is 1. The zero-order valence-electron chi connectivity index (χ0n) is 12.9. The van der Waals surface area contributed by atoms with Crippen LogP contribution in [-0.2, 0) is 5.75 Å². The normalized spacial score (nSPS) is 11.2. The zero-order valence-corrected chi connectivity index (χ0v) is 16.1. The van der Waals surface area contributed by atoms with Crippen molar-refractivity contribution in [2.75, 3.05) is 18.8 Å². The first-order valence-corrected chi connectivity index (χ1v) is 8.55. The van der Waals surface area contributed by atoms with E-state index in [1.165, 1.54) is 16.3 Å². The minimum atomic E-state index is 0. The summed E-state index contributed by atoms with van der Waals surface area (Å²) in [6.45, 7) is 3.74. The molecule has 0 atom stereocenters. The number of nitrogens with zero attached hydrogens (tertiary/aromatic N) is 1. The van der Waals surface area contributed by atoms with Crippen molar-refractivity contribution in [1.82, 2.24) is 5.32 Å². The van der Waals surface area contributed by atoms with Gasteiger partial charge in [0.25, 0.3) is 0 Å². The number of guanidine groups is 1. The fraction of sp³-hybridized carbons (Fsp3) is 0.353. The highest BCUT2D eigenvalue weighted by molar-refractivity contribution is 14.0. The number of hydrogen-bond acceptors (Lipinski definition) is 2. The van der Waals surface area contributed by atoms with Crippen molar-refractivity contribution >= 4 is 52.5 Å². The third kappa shape index (κ3) is 6.04. The second-order valence-corrected chi connectivity index (χ2v) is 5.99. The summed E-state index contributed by atoms with van der Waals surface area (Å²) in [4.78, 5) is 4.21. The Bertz CT molecular complexity index is 596. The van der Waals surface area contributed by atoms with Crippen molar-refractivity contribution in [2.45, 2.75) is 19.1 Å². The molecule has 22 heavy (non-hydrogen) atoms. The first-order valence-electron chi connectivity index (χ1n) is 7.39. The van der Waals surface area contributed by atoms with Crippen LogP contribution in [0.3, 0.4) is 0 Å². The van der Waals surface area contributed by atoms with E-state index in [-0.39, 0.29) is 24.0 Å². The van der Waals surface area contributed by atoms with Crippen molar-refractivity contribution < 1.29 is 0 Å². The summed E-state index contributed by atoms with van der Waals surface area (Å²) in [6.07, 6.45) is 1.03. The van der Waals surface area contributed by atoms with Gasteiger partial charge in [-0.1, -0.05) is 49.4 Å². The Morgan fingerprint density at radius 1 is 1.18 bits per heavy atom. The van der Waals surface area contributed by atoms with Crippen LogP contribution in [-0.4, -0.2) is 24.8 Å². The van der Waals surface area contributed by atoms with Gasteiger partial charge < -0.3 is 11.1 Å². The van der Waals surface area contributed by atoms with E-state index in [0.29, 0.717) is 5.96 Å². The maximum atomic E-state index is 5.76. The minimum Gasteiger partial charge on any atom is -0.370 e. The van der Waals surface area contributed by atoms with Crippen LogP contribution in [0, 0.1) is 0 Å². The van der Waals surface area contributed by atoms with Crippen LogP contribution in [0.2, 0.25) is 0 Å². The maximum absolute atomic E-state index is 5.76. The van der Waals surface area contributed by atoms with Crippen LogP contribution in [0.15, 0.2) is 47.5 Å². The lowest BCUT2D eigenvalue weighted by Gasteiger charge is -2.07. The van der Waals surface area contributed by atoms with E-state index in [9.17, 15) is 0 Å². The average molecular weight is 429 g/mol. The zero-order chi connectivity index (χ0) is 14.9. The molecule has 0 aliphatic rings. The molecule has 3 N–H and O–H groups in total. The van der Waals surface area contributed by atoms with E-state index in [1.54, 1.807) is 0 Å². The van der Waals surface area contributed by atoms with Gasteiger partial charge >= 0.3 is 0 Å². The molecule has 0 amide bonds. The van der Waals surface area contributed by atoms with Crippen molar-refractivity contribution in [1.29, 1.82) is 0 Å². The molecule has 0 radical (unpaired) electrons. The summed E-state index contributed by atoms with van der Waals surface area (Å²) in [5.41, 5.74) is 7.15. The third-order valence-corrected chi connectivity index (χ3v) is 4.20. The SMILES string of the molecule is CCCN=C(N)NCCSCc1cccc2ccccc12.I. The van der Waals surface area contributed by atoms with Gasteiger partial charge in [-0.05, 0) is 22.8 Å². The summed E-state index contributed by atoms with van der Waals surface area (Å²) in [5, 5.41) is 5.81. The number of nitrogens with two attached hydrogens (primary N) is 1. The first-order chi connectivity index (χ1) is 10.3. The molecule has 0 aromatic heterocycles. The molecule has 0 saturated heterocycles. The molecule has 0 bridgehead atoms. The molecule has 0 spiro atoms. The lowest BCUT2D eigenvalue weighted by atomic mass is 10.1. The fourth-order valence-electron chi connectivity index (χ4n) is 2.14. The van der Waals surface area contributed by atoms with E-state index in [0.717, 1.165) is 31.0 Å². The Labute approximate surface area is 154 Å². The monoisotopic (exact) mass is 429 g/mol. The van der Waals surface area contributed by atoms with Gasteiger partial charge in [-0.15, -0.1) is 24.0 Å². The second kappa shape index (κ2) is 10.7. The molecule has 0 fully saturated rings. The highest BCUT2D eigenvalue weighted by Crippen LogP contribution is 2.22. The van der Waals surface area contributed by atoms with Crippen LogP contribution in [0.1, 0.15) is 18.9 Å². The third-order valence-electron chi connectivity index (χ3n) is 3.20. The molecule has 0 aliphatic heterocycles. The molecule has 0 saturated carbocycles. The molecule has 120 valence electrons. The molecule has 0 unspecified atom stereocenters. The minimum absolute atomic E-state index is 0. The Morgan fingerprint density at radius 3 is 2.77 bits per heavy atom. The molecular formula is C17H24IN3S. The molecule has 0 aliphatic carbocycles. The van der Waals surface area contributed by atoms with E-state index >= 15 is 0 Å². The summed E-state index contributed by atoms with van der Waals surface area (Å²) in [7, 11) is 0. The standard InChI is InChI=1S/C17H23N3S.HI/c1-2-10-19-17(18)20-11-12-21-13-15-8-5-7-14-6-3-4-9-16(14)15;/h3-9H,2,10-13H2,1H3,(H3,18,19,20);1H. The smallest absolute Gasteiger partial charge is 0.188 e. The summed E-state index contributed by atoms with van der Waals surface area (Å²) >= 11 is 1.91. The Balaban J connectivity index is 0.00000242. The van der Waals surface area contributed by atoms with Gasteiger partial charge in [0.2, 0.25) is 0 Å². The molecular weight excluding hydrogens is 405 g/mol. The van der Waals surface area contributed by atoms with Gasteiger partial charge in [0.1, 0.15) is 0 Å². The van der Waals surface area contributed by atoms with Crippen LogP contribution >= 0.6 is 35.7 Å². The fourth-order valence-corrected chi connectivity index (χ4v) is 3.00. The Kier molecular flexibility index (Phi) is 9.31. The Morgan fingerprint density at radius 2 is 1.95 bits per heavy atom. The van der Waals surface area contributed by atoms with Gasteiger partial charge in [-0.3, -0.25) is 4.99 Å². The predicted molar refractivity (Wildman–Crippen MR) is 110 cm³/mol. The van der Waals surface area contributed by atoms with Crippen molar-refractivity contribution in [2.24, 2.45) is 10.7 Å². The topological polar surface area (TPSA) is 50.4 Å². The van der Waals surface area contributed by atoms with Crippen molar-refractivity contribution in [3.8, 4) is 0 Å². The number of nitrogens with one attached hydrogen (secondary N) is 1. The van der Waals surface area contributed by atoms with E-state index < -0.39 is 0 Å². The van der Waals surface area contributed by atoms with Gasteiger partial charge in [-0.25, -0.2) is 0 Å². The second-order valence-electron chi connectivity index (χ2n) is 4.88. The molecule has 2 aromatic carbocycles. The average Bonchev–Trinajstić information content (AvgIpc) is 2.52. The highest BCUT2D eigenvalue weighted by atomic mass is 127. The van der Waals surface area contributed by atoms with Crippen LogP contribution in [0.4, 0.5) is 0 Å². The van der Waals surface area contributed by atoms with Crippen molar-refractivity contribution in [3.63, 3.8) is 0 Å². The number of halogens is 1. The van der Waals surface area contributed by atoms with E-state index in [2.05, 4.69) is 59.7 Å². The van der Waals surface area contributed by atoms with Crippen molar-refractivity contribution in [3.05, 3.63) is 48.0 Å². The molecule has 0 heterocycles. The first kappa shape index (κ1) is 19.1. The number of hydrogen-bond donors (Lipinski definition) is 2. The largest absolute Gasteiger partial charge is 0.370 e. The molecule has 5 heteroatoms. The van der Waals surface area contributed by atoms with E-state index in [4.69, 9.17) is 5.73 Å². The molecule has 2 rings (SSSR count). The van der Waals surface area contributed by atoms with E-state index in [1.807, 2.05) is 11.8 Å². The Hall–Kier alpha value is -0.950. The lowest BCUT2D eigenvalue weighted by Crippen LogP contribution is -2.33. The summed E-state index contributed by atoms with van der Waals surface area (Å²) in [6, 6.07) is 15.0. The molecule has 3 nitrogen and oxygen atoms in total. The van der Waals surface area contributed by atoms with Gasteiger partial charge in [0, 0.05) is 24.6 Å². The summed E-state index contributed by atoms with van der Waals surface area (Å²) < 4.78 is 0. The van der Waals surface area contributed by atoms with Crippen LogP contribution in [0.5, 0.6) is 0 Å². The van der Waals surface area contributed by atoms with Crippen LogP contribution in [0.25, 0.3) is 10.8 Å². The van der Waals surface area contributed by atoms with Gasteiger partial charge in [0.05, 0.1) is 0 Å². The van der Waals surface area contributed by atoms with Gasteiger partial charge in [-0.2, -0.15) is 11.8 Å². The molecule has 2 aromatic rings. The quantitative estimate of drug-likeness (QED) is 0.303. The lowest BCUT2D eigenvalue weighted by molar-refractivity contribution is 0.892. The number of rotatable bonds is 7. The number of thioether (sulfide) groups is 1. The van der Waals surface area contributed by atoms with Crippen LogP contribution < -0.4 is 11.1 Å².